The van der Waals surface area contributed by atoms with Crippen LogP contribution in [0.1, 0.15) is 30.0 Å². The molecule has 5 nitrogen and oxygen atoms in total. The van der Waals surface area contributed by atoms with Crippen molar-refractivity contribution < 1.29 is 13.5 Å². The van der Waals surface area contributed by atoms with Crippen LogP contribution in [0.5, 0.6) is 0 Å². The predicted molar refractivity (Wildman–Crippen MR) is 102 cm³/mol. The maximum atomic E-state index is 12.9. The van der Waals surface area contributed by atoms with Crippen molar-refractivity contribution in [3.05, 3.63) is 65.7 Å². The maximum absolute atomic E-state index is 12.9. The summed E-state index contributed by atoms with van der Waals surface area (Å²) < 4.78 is 28.6. The lowest BCUT2D eigenvalue weighted by atomic mass is 10.1. The molecule has 3 rings (SSSR count). The molecule has 0 saturated carbocycles. The third-order valence-electron chi connectivity index (χ3n) is 4.96. The van der Waals surface area contributed by atoms with Crippen LogP contribution in [-0.2, 0) is 10.0 Å². The van der Waals surface area contributed by atoms with E-state index in [1.54, 1.807) is 24.3 Å². The monoisotopic (exact) mass is 374 g/mol. The third-order valence-corrected chi connectivity index (χ3v) is 6.45. The van der Waals surface area contributed by atoms with E-state index in [0.29, 0.717) is 6.54 Å². The molecule has 1 aliphatic rings. The molecule has 0 unspecified atom stereocenters. The largest absolute Gasteiger partial charge is 0.395 e. The molecule has 0 radical (unpaired) electrons. The zero-order chi connectivity index (χ0) is 18.6. The minimum absolute atomic E-state index is 0.102. The van der Waals surface area contributed by atoms with Gasteiger partial charge in [0.25, 0.3) is 0 Å². The Morgan fingerprint density at radius 1 is 1.15 bits per heavy atom. The fourth-order valence-corrected chi connectivity index (χ4v) is 4.66. The molecule has 1 aliphatic heterocycles. The van der Waals surface area contributed by atoms with Gasteiger partial charge in [-0.2, -0.15) is 0 Å². The van der Waals surface area contributed by atoms with Gasteiger partial charge in [0, 0.05) is 12.6 Å². The van der Waals surface area contributed by atoms with Gasteiger partial charge >= 0.3 is 0 Å². The van der Waals surface area contributed by atoms with E-state index in [4.69, 9.17) is 0 Å². The van der Waals surface area contributed by atoms with Gasteiger partial charge in [0.15, 0.2) is 0 Å². The van der Waals surface area contributed by atoms with Crippen molar-refractivity contribution in [1.29, 1.82) is 0 Å². The fraction of sp³-hybridized carbons (Fsp3) is 0.400. The Morgan fingerprint density at radius 2 is 1.85 bits per heavy atom. The number of likely N-dealkylation sites (tertiary alicyclic amines) is 1. The van der Waals surface area contributed by atoms with Gasteiger partial charge in [-0.15, -0.1) is 0 Å². The number of sulfonamides is 1. The lowest BCUT2D eigenvalue weighted by Crippen LogP contribution is -2.41. The average molecular weight is 375 g/mol. The fourth-order valence-electron chi connectivity index (χ4n) is 3.45. The topological polar surface area (TPSA) is 69.6 Å². The summed E-state index contributed by atoms with van der Waals surface area (Å²) in [6.45, 7) is 3.45. The quantitative estimate of drug-likeness (QED) is 0.781. The second kappa shape index (κ2) is 8.31. The number of nitrogens with zero attached hydrogens (tertiary/aromatic N) is 1. The van der Waals surface area contributed by atoms with E-state index in [1.807, 2.05) is 37.3 Å². The summed E-state index contributed by atoms with van der Waals surface area (Å²) in [6, 6.07) is 16.2. The number of hydrogen-bond donors (Lipinski definition) is 2. The SMILES string of the molecule is Cc1ccc(S(=O)(=O)N[C@H](CN2CCC[C@H]2CO)c2ccccc2)cc1. The average Bonchev–Trinajstić information content (AvgIpc) is 3.09. The van der Waals surface area contributed by atoms with Crippen LogP contribution in [0.15, 0.2) is 59.5 Å². The van der Waals surface area contributed by atoms with E-state index in [1.165, 1.54) is 0 Å². The summed E-state index contributed by atoms with van der Waals surface area (Å²) in [4.78, 5) is 2.44. The van der Waals surface area contributed by atoms with Gasteiger partial charge in [0.2, 0.25) is 10.0 Å². The van der Waals surface area contributed by atoms with Crippen molar-refractivity contribution in [2.75, 3.05) is 19.7 Å². The first-order chi connectivity index (χ1) is 12.5. The van der Waals surface area contributed by atoms with Crippen LogP contribution >= 0.6 is 0 Å². The number of hydrogen-bond acceptors (Lipinski definition) is 4. The molecule has 0 bridgehead atoms. The van der Waals surface area contributed by atoms with Gasteiger partial charge in [-0.3, -0.25) is 4.90 Å². The van der Waals surface area contributed by atoms with E-state index in [0.717, 1.165) is 30.5 Å². The molecule has 2 N–H and O–H groups in total. The highest BCUT2D eigenvalue weighted by molar-refractivity contribution is 7.89. The summed E-state index contributed by atoms with van der Waals surface area (Å²) in [6.07, 6.45) is 1.97. The smallest absolute Gasteiger partial charge is 0.241 e. The molecule has 140 valence electrons. The maximum Gasteiger partial charge on any atom is 0.241 e. The zero-order valence-electron chi connectivity index (χ0n) is 15.0. The van der Waals surface area contributed by atoms with Gasteiger partial charge in [0.05, 0.1) is 17.5 Å². The molecule has 1 saturated heterocycles. The van der Waals surface area contributed by atoms with Gasteiger partial charge in [-0.05, 0) is 44.0 Å². The van der Waals surface area contributed by atoms with E-state index in [-0.39, 0.29) is 23.6 Å². The third kappa shape index (κ3) is 4.51. The van der Waals surface area contributed by atoms with Crippen molar-refractivity contribution >= 4 is 10.0 Å². The van der Waals surface area contributed by atoms with Gasteiger partial charge in [0.1, 0.15) is 0 Å². The summed E-state index contributed by atoms with van der Waals surface area (Å²) in [7, 11) is -3.63. The summed E-state index contributed by atoms with van der Waals surface area (Å²) in [5.41, 5.74) is 1.94. The molecule has 0 aromatic heterocycles. The van der Waals surface area contributed by atoms with Crippen molar-refractivity contribution in [2.45, 2.75) is 36.7 Å². The van der Waals surface area contributed by atoms with Crippen LogP contribution < -0.4 is 4.72 Å². The van der Waals surface area contributed by atoms with Crippen molar-refractivity contribution in [3.8, 4) is 0 Å². The highest BCUT2D eigenvalue weighted by Gasteiger charge is 2.29. The zero-order valence-corrected chi connectivity index (χ0v) is 15.8. The molecule has 1 fully saturated rings. The van der Waals surface area contributed by atoms with E-state index in [9.17, 15) is 13.5 Å². The van der Waals surface area contributed by atoms with E-state index < -0.39 is 10.0 Å². The number of aliphatic hydroxyl groups excluding tert-OH is 1. The van der Waals surface area contributed by atoms with Crippen molar-refractivity contribution in [3.63, 3.8) is 0 Å². The normalized spacial score (nSPS) is 19.5. The lowest BCUT2D eigenvalue weighted by molar-refractivity contribution is 0.151. The van der Waals surface area contributed by atoms with Gasteiger partial charge in [-0.25, -0.2) is 13.1 Å². The molecule has 0 amide bonds. The molecule has 26 heavy (non-hydrogen) atoms. The van der Waals surface area contributed by atoms with Crippen molar-refractivity contribution in [2.24, 2.45) is 0 Å². The Kier molecular flexibility index (Phi) is 6.09. The first kappa shape index (κ1) is 19.0. The summed E-state index contributed by atoms with van der Waals surface area (Å²) in [5.74, 6) is 0. The number of nitrogens with one attached hydrogen (secondary N) is 1. The minimum atomic E-state index is -3.63. The van der Waals surface area contributed by atoms with E-state index in [2.05, 4.69) is 9.62 Å². The Morgan fingerprint density at radius 3 is 2.50 bits per heavy atom. The highest BCUT2D eigenvalue weighted by atomic mass is 32.2. The van der Waals surface area contributed by atoms with Crippen LogP contribution in [0.3, 0.4) is 0 Å². The first-order valence-corrected chi connectivity index (χ1v) is 10.5. The number of benzene rings is 2. The second-order valence-corrected chi connectivity index (χ2v) is 8.59. The first-order valence-electron chi connectivity index (χ1n) is 8.98. The van der Waals surface area contributed by atoms with E-state index >= 15 is 0 Å². The number of aliphatic hydroxyl groups is 1. The highest BCUT2D eigenvalue weighted by Crippen LogP contribution is 2.24. The van der Waals surface area contributed by atoms with Crippen LogP contribution in [0, 0.1) is 6.92 Å². The number of rotatable bonds is 7. The Bertz CT molecular complexity index is 807. The second-order valence-electron chi connectivity index (χ2n) is 6.87. The Labute approximate surface area is 155 Å². The standard InChI is InChI=1S/C20H26N2O3S/c1-16-9-11-19(12-10-16)26(24,25)21-20(17-6-3-2-4-7-17)14-22-13-5-8-18(22)15-23/h2-4,6-7,9-12,18,20-21,23H,5,8,13-15H2,1H3/t18-,20+/m0/s1. The Balaban J connectivity index is 1.85. The molecule has 2 atom stereocenters. The molecule has 2 aromatic rings. The molecular weight excluding hydrogens is 348 g/mol. The van der Waals surface area contributed by atoms with Gasteiger partial charge < -0.3 is 5.11 Å². The molecule has 0 aliphatic carbocycles. The molecular formula is C20H26N2O3S. The minimum Gasteiger partial charge on any atom is -0.395 e. The molecule has 0 spiro atoms. The van der Waals surface area contributed by atoms with Crippen LogP contribution in [-0.4, -0.2) is 44.2 Å². The van der Waals surface area contributed by atoms with Crippen LogP contribution in [0.4, 0.5) is 0 Å². The lowest BCUT2D eigenvalue weighted by Gasteiger charge is -2.28. The van der Waals surface area contributed by atoms with Gasteiger partial charge in [-0.1, -0.05) is 48.0 Å². The Hall–Kier alpha value is -1.73. The summed E-state index contributed by atoms with van der Waals surface area (Å²) in [5, 5.41) is 9.58. The predicted octanol–water partition coefficient (Wildman–Crippen LogP) is 2.47. The molecule has 2 aromatic carbocycles. The van der Waals surface area contributed by atoms with Crippen molar-refractivity contribution in [1.82, 2.24) is 9.62 Å². The molecule has 1 heterocycles. The van der Waals surface area contributed by atoms with Crippen LogP contribution in [0.25, 0.3) is 0 Å². The molecule has 6 heteroatoms. The number of aryl methyl sites for hydroxylation is 1. The summed E-state index contributed by atoms with van der Waals surface area (Å²) >= 11 is 0. The van der Waals surface area contributed by atoms with Crippen LogP contribution in [0.2, 0.25) is 0 Å².